The molecule has 0 aromatic heterocycles. The van der Waals surface area contributed by atoms with E-state index in [0.717, 1.165) is 38.9 Å². The van der Waals surface area contributed by atoms with Crippen LogP contribution >= 0.6 is 0 Å². The molecule has 0 aliphatic carbocycles. The Bertz CT molecular complexity index is 364. The average molecular weight is 278 g/mol. The van der Waals surface area contributed by atoms with Gasteiger partial charge in [-0.15, -0.1) is 0 Å². The highest BCUT2D eigenvalue weighted by Gasteiger charge is 2.19. The number of nitrogens with zero attached hydrogens (tertiary/aromatic N) is 1. The van der Waals surface area contributed by atoms with E-state index < -0.39 is 6.10 Å². The Morgan fingerprint density at radius 2 is 1.90 bits per heavy atom. The summed E-state index contributed by atoms with van der Waals surface area (Å²) in [6.07, 6.45) is 2.72. The largest absolute Gasteiger partial charge is 0.394 e. The van der Waals surface area contributed by atoms with Crippen molar-refractivity contribution in [1.82, 2.24) is 10.2 Å². The van der Waals surface area contributed by atoms with Gasteiger partial charge in [0, 0.05) is 19.1 Å². The third kappa shape index (κ3) is 5.21. The number of hydrogen-bond acceptors (Lipinski definition) is 4. The zero-order valence-corrected chi connectivity index (χ0v) is 12.0. The third-order valence-corrected chi connectivity index (χ3v) is 4.00. The molecule has 0 saturated carbocycles. The van der Waals surface area contributed by atoms with Crippen LogP contribution in [0.2, 0.25) is 0 Å². The second-order valence-corrected chi connectivity index (χ2v) is 5.60. The first kappa shape index (κ1) is 15.4. The maximum Gasteiger partial charge on any atom is 0.0895 e. The maximum absolute atomic E-state index is 9.33. The second kappa shape index (κ2) is 8.37. The van der Waals surface area contributed by atoms with E-state index in [4.69, 9.17) is 5.11 Å². The summed E-state index contributed by atoms with van der Waals surface area (Å²) in [5.41, 5.74) is 1.40. The van der Waals surface area contributed by atoms with Crippen molar-refractivity contribution in [3.05, 3.63) is 35.9 Å². The van der Waals surface area contributed by atoms with Gasteiger partial charge in [0.2, 0.25) is 0 Å². The van der Waals surface area contributed by atoms with Gasteiger partial charge >= 0.3 is 0 Å². The van der Waals surface area contributed by atoms with Crippen molar-refractivity contribution < 1.29 is 10.2 Å². The van der Waals surface area contributed by atoms with Crippen molar-refractivity contribution in [3.8, 4) is 0 Å². The monoisotopic (exact) mass is 278 g/mol. The number of nitrogens with one attached hydrogen (secondary N) is 1. The topological polar surface area (TPSA) is 55.7 Å². The van der Waals surface area contributed by atoms with E-state index >= 15 is 0 Å². The van der Waals surface area contributed by atoms with Crippen LogP contribution in [0.15, 0.2) is 30.3 Å². The molecule has 1 aromatic carbocycles. The van der Waals surface area contributed by atoms with Crippen molar-refractivity contribution in [2.24, 2.45) is 0 Å². The van der Waals surface area contributed by atoms with Crippen molar-refractivity contribution in [2.75, 3.05) is 32.8 Å². The number of likely N-dealkylation sites (tertiary alicyclic amines) is 1. The number of aliphatic hydroxyl groups is 2. The van der Waals surface area contributed by atoms with Crippen LogP contribution in [0.4, 0.5) is 0 Å². The molecule has 1 atom stereocenters. The van der Waals surface area contributed by atoms with Gasteiger partial charge in [-0.1, -0.05) is 30.3 Å². The van der Waals surface area contributed by atoms with Gasteiger partial charge in [0.15, 0.2) is 0 Å². The summed E-state index contributed by atoms with van der Waals surface area (Å²) in [7, 11) is 0. The summed E-state index contributed by atoms with van der Waals surface area (Å²) in [4.78, 5) is 2.51. The van der Waals surface area contributed by atoms with Crippen LogP contribution in [0.5, 0.6) is 0 Å². The first-order chi connectivity index (χ1) is 9.78. The quantitative estimate of drug-likeness (QED) is 0.685. The minimum atomic E-state index is -0.633. The number of hydrogen-bond donors (Lipinski definition) is 3. The van der Waals surface area contributed by atoms with Crippen molar-refractivity contribution >= 4 is 0 Å². The van der Waals surface area contributed by atoms with E-state index in [1.54, 1.807) is 0 Å². The first-order valence-electron chi connectivity index (χ1n) is 7.56. The summed E-state index contributed by atoms with van der Waals surface area (Å²) in [5, 5.41) is 21.4. The lowest BCUT2D eigenvalue weighted by Crippen LogP contribution is -2.45. The lowest BCUT2D eigenvalue weighted by atomic mass is 10.0. The van der Waals surface area contributed by atoms with Gasteiger partial charge in [-0.3, -0.25) is 0 Å². The average Bonchev–Trinajstić information content (AvgIpc) is 2.52. The van der Waals surface area contributed by atoms with Crippen LogP contribution < -0.4 is 5.32 Å². The summed E-state index contributed by atoms with van der Waals surface area (Å²) < 4.78 is 0. The fourth-order valence-electron chi connectivity index (χ4n) is 2.66. The Kier molecular flexibility index (Phi) is 6.47. The summed E-state index contributed by atoms with van der Waals surface area (Å²) in [5.74, 6) is 0. The van der Waals surface area contributed by atoms with Crippen molar-refractivity contribution in [3.63, 3.8) is 0 Å². The molecule has 0 bridgehead atoms. The number of benzene rings is 1. The lowest BCUT2D eigenvalue weighted by Gasteiger charge is -2.32. The van der Waals surface area contributed by atoms with E-state index in [0.29, 0.717) is 12.6 Å². The fourth-order valence-corrected chi connectivity index (χ4v) is 2.66. The molecule has 2 rings (SSSR count). The Hall–Kier alpha value is -0.940. The van der Waals surface area contributed by atoms with Crippen molar-refractivity contribution in [2.45, 2.75) is 31.4 Å². The fraction of sp³-hybridized carbons (Fsp3) is 0.625. The Morgan fingerprint density at radius 3 is 2.55 bits per heavy atom. The zero-order valence-electron chi connectivity index (χ0n) is 12.0. The molecule has 1 aromatic rings. The predicted octanol–water partition coefficient (Wildman–Crippen LogP) is 0.636. The van der Waals surface area contributed by atoms with Crippen LogP contribution in [0, 0.1) is 0 Å². The molecule has 20 heavy (non-hydrogen) atoms. The van der Waals surface area contributed by atoms with E-state index in [9.17, 15) is 5.11 Å². The first-order valence-corrected chi connectivity index (χ1v) is 7.56. The molecule has 1 fully saturated rings. The minimum Gasteiger partial charge on any atom is -0.394 e. The Balaban J connectivity index is 1.62. The van der Waals surface area contributed by atoms with Crippen LogP contribution in [-0.4, -0.2) is 60.0 Å². The molecule has 1 aliphatic heterocycles. The molecular weight excluding hydrogens is 252 g/mol. The highest BCUT2D eigenvalue weighted by Crippen LogP contribution is 2.11. The minimum absolute atomic E-state index is 0.164. The molecule has 0 radical (unpaired) electrons. The van der Waals surface area contributed by atoms with Gasteiger partial charge < -0.3 is 20.4 Å². The molecular formula is C16H26N2O2. The molecule has 3 N–H and O–H groups in total. The summed E-state index contributed by atoms with van der Waals surface area (Å²) in [6.45, 7) is 3.67. The van der Waals surface area contributed by atoms with E-state index in [-0.39, 0.29) is 6.61 Å². The summed E-state index contributed by atoms with van der Waals surface area (Å²) >= 11 is 0. The van der Waals surface area contributed by atoms with Gasteiger partial charge in [0.1, 0.15) is 0 Å². The number of aliphatic hydroxyl groups excluding tert-OH is 2. The van der Waals surface area contributed by atoms with Gasteiger partial charge in [-0.2, -0.15) is 0 Å². The Labute approximate surface area is 121 Å². The predicted molar refractivity (Wildman–Crippen MR) is 80.7 cm³/mol. The second-order valence-electron chi connectivity index (χ2n) is 5.60. The molecule has 1 aliphatic rings. The molecule has 0 amide bonds. The molecule has 1 saturated heterocycles. The smallest absolute Gasteiger partial charge is 0.0895 e. The van der Waals surface area contributed by atoms with Crippen LogP contribution in [-0.2, 0) is 6.42 Å². The number of piperidine rings is 1. The van der Waals surface area contributed by atoms with Crippen molar-refractivity contribution in [1.29, 1.82) is 0 Å². The highest BCUT2D eigenvalue weighted by atomic mass is 16.3. The van der Waals surface area contributed by atoms with E-state index in [1.807, 2.05) is 0 Å². The normalized spacial score (nSPS) is 19.1. The SMILES string of the molecule is OCC(O)CNC1CCN(CCc2ccccc2)CC1. The van der Waals surface area contributed by atoms with E-state index in [2.05, 4.69) is 40.5 Å². The van der Waals surface area contributed by atoms with Crippen LogP contribution in [0.25, 0.3) is 0 Å². The Morgan fingerprint density at radius 1 is 1.20 bits per heavy atom. The third-order valence-electron chi connectivity index (χ3n) is 4.00. The van der Waals surface area contributed by atoms with Crippen LogP contribution in [0.3, 0.4) is 0 Å². The molecule has 0 spiro atoms. The highest BCUT2D eigenvalue weighted by molar-refractivity contribution is 5.14. The molecule has 1 heterocycles. The lowest BCUT2D eigenvalue weighted by molar-refractivity contribution is 0.0878. The molecule has 4 nitrogen and oxygen atoms in total. The number of rotatable bonds is 7. The van der Waals surface area contributed by atoms with Gasteiger partial charge in [-0.25, -0.2) is 0 Å². The van der Waals surface area contributed by atoms with Gasteiger partial charge in [-0.05, 0) is 37.9 Å². The molecule has 1 unspecified atom stereocenters. The van der Waals surface area contributed by atoms with Crippen LogP contribution in [0.1, 0.15) is 18.4 Å². The standard InChI is InChI=1S/C16H26N2O2/c19-13-16(20)12-17-15-7-10-18(11-8-15)9-6-14-4-2-1-3-5-14/h1-5,15-17,19-20H,6-13H2. The maximum atomic E-state index is 9.33. The summed E-state index contributed by atoms with van der Waals surface area (Å²) in [6, 6.07) is 11.1. The van der Waals surface area contributed by atoms with E-state index in [1.165, 1.54) is 5.56 Å². The van der Waals surface area contributed by atoms with Gasteiger partial charge in [0.05, 0.1) is 12.7 Å². The van der Waals surface area contributed by atoms with Gasteiger partial charge in [0.25, 0.3) is 0 Å². The molecule has 112 valence electrons. The zero-order chi connectivity index (χ0) is 14.2. The molecule has 4 heteroatoms.